The van der Waals surface area contributed by atoms with Crippen LogP contribution < -0.4 is 5.32 Å². The van der Waals surface area contributed by atoms with E-state index >= 15 is 0 Å². The van der Waals surface area contributed by atoms with Crippen molar-refractivity contribution in [2.24, 2.45) is 7.05 Å². The van der Waals surface area contributed by atoms with Gasteiger partial charge in [-0.05, 0) is 24.3 Å². The maximum absolute atomic E-state index is 12.1. The summed E-state index contributed by atoms with van der Waals surface area (Å²) in [4.78, 5) is 0.553. The van der Waals surface area contributed by atoms with E-state index in [9.17, 15) is 8.78 Å². The molecular weight excluding hydrogens is 258 g/mol. The fraction of sp³-hybridized carbons (Fsp3) is 0.273. The average Bonchev–Trinajstić information content (AvgIpc) is 2.73. The number of nitrogens with one attached hydrogen (secondary N) is 1. The summed E-state index contributed by atoms with van der Waals surface area (Å²) in [6.45, 7) is 0.588. The second-order valence-corrected chi connectivity index (χ2v) is 4.67. The van der Waals surface area contributed by atoms with E-state index in [0.717, 1.165) is 11.4 Å². The van der Waals surface area contributed by atoms with Gasteiger partial charge in [-0.1, -0.05) is 17.0 Å². The van der Waals surface area contributed by atoms with E-state index in [1.54, 1.807) is 35.1 Å². The highest BCUT2D eigenvalue weighted by atomic mass is 32.2. The molecule has 0 radical (unpaired) electrons. The highest BCUT2D eigenvalue weighted by molar-refractivity contribution is 7.99. The van der Waals surface area contributed by atoms with Crippen LogP contribution in [0.25, 0.3) is 0 Å². The zero-order valence-corrected chi connectivity index (χ0v) is 10.5. The number of halogens is 2. The van der Waals surface area contributed by atoms with E-state index in [4.69, 9.17) is 0 Å². The molecule has 1 N–H and O–H groups in total. The molecule has 4 nitrogen and oxygen atoms in total. The van der Waals surface area contributed by atoms with Crippen molar-refractivity contribution in [3.63, 3.8) is 0 Å². The molecule has 0 saturated carbocycles. The Morgan fingerprint density at radius 1 is 1.33 bits per heavy atom. The van der Waals surface area contributed by atoms with Gasteiger partial charge in [-0.25, -0.2) is 0 Å². The van der Waals surface area contributed by atoms with Crippen molar-refractivity contribution in [3.05, 3.63) is 36.2 Å². The third-order valence-corrected chi connectivity index (χ3v) is 3.08. The number of anilines is 1. The molecule has 2 aromatic rings. The molecule has 2 rings (SSSR count). The number of aromatic nitrogens is 3. The smallest absolute Gasteiger partial charge is 0.288 e. The van der Waals surface area contributed by atoms with Gasteiger partial charge in [-0.2, -0.15) is 8.78 Å². The minimum absolute atomic E-state index is 0.540. The first-order valence-electron chi connectivity index (χ1n) is 5.27. The number of benzene rings is 1. The number of rotatable bonds is 5. The molecule has 96 valence electrons. The lowest BCUT2D eigenvalue weighted by Crippen LogP contribution is -2.05. The van der Waals surface area contributed by atoms with Crippen LogP contribution in [0.2, 0.25) is 0 Å². The Labute approximate surface area is 107 Å². The maximum atomic E-state index is 12.1. The van der Waals surface area contributed by atoms with Crippen LogP contribution in [0.1, 0.15) is 5.69 Å². The minimum Gasteiger partial charge on any atom is -0.379 e. The van der Waals surface area contributed by atoms with Gasteiger partial charge in [0, 0.05) is 17.6 Å². The number of hydrogen-bond donors (Lipinski definition) is 1. The van der Waals surface area contributed by atoms with Crippen LogP contribution >= 0.6 is 11.8 Å². The van der Waals surface area contributed by atoms with E-state index < -0.39 is 5.76 Å². The predicted octanol–water partition coefficient (Wildman–Crippen LogP) is 2.74. The van der Waals surface area contributed by atoms with E-state index in [-0.39, 0.29) is 0 Å². The summed E-state index contributed by atoms with van der Waals surface area (Å²) in [5.41, 5.74) is 1.82. The Morgan fingerprint density at radius 3 is 2.61 bits per heavy atom. The van der Waals surface area contributed by atoms with Gasteiger partial charge < -0.3 is 5.32 Å². The Bertz CT molecular complexity index is 498. The van der Waals surface area contributed by atoms with Crippen LogP contribution in [0.5, 0.6) is 0 Å². The Morgan fingerprint density at radius 2 is 2.06 bits per heavy atom. The van der Waals surface area contributed by atoms with E-state index in [2.05, 4.69) is 15.6 Å². The van der Waals surface area contributed by atoms with Gasteiger partial charge in [0.15, 0.2) is 0 Å². The van der Waals surface area contributed by atoms with Crippen LogP contribution in [0, 0.1) is 0 Å². The molecule has 0 aliphatic rings. The van der Waals surface area contributed by atoms with Crippen LogP contribution in [0.15, 0.2) is 35.4 Å². The summed E-state index contributed by atoms with van der Waals surface area (Å²) in [6, 6.07) is 6.88. The maximum Gasteiger partial charge on any atom is 0.288 e. The van der Waals surface area contributed by atoms with Crippen molar-refractivity contribution in [1.82, 2.24) is 15.0 Å². The normalized spacial score (nSPS) is 10.9. The van der Waals surface area contributed by atoms with E-state index in [1.807, 2.05) is 7.05 Å². The quantitative estimate of drug-likeness (QED) is 0.848. The van der Waals surface area contributed by atoms with Crippen molar-refractivity contribution in [2.45, 2.75) is 17.2 Å². The van der Waals surface area contributed by atoms with Gasteiger partial charge in [0.1, 0.15) is 0 Å². The van der Waals surface area contributed by atoms with E-state index in [0.29, 0.717) is 23.2 Å². The Hall–Kier alpha value is -1.63. The fourth-order valence-corrected chi connectivity index (χ4v) is 1.92. The molecule has 0 aliphatic heterocycles. The first-order chi connectivity index (χ1) is 8.65. The van der Waals surface area contributed by atoms with Gasteiger partial charge in [0.05, 0.1) is 18.4 Å². The van der Waals surface area contributed by atoms with E-state index in [1.165, 1.54) is 0 Å². The molecule has 18 heavy (non-hydrogen) atoms. The van der Waals surface area contributed by atoms with Crippen molar-refractivity contribution < 1.29 is 8.78 Å². The van der Waals surface area contributed by atoms with Crippen LogP contribution in [-0.4, -0.2) is 20.8 Å². The summed E-state index contributed by atoms with van der Waals surface area (Å²) in [5, 5.41) is 10.8. The first kappa shape index (κ1) is 12.8. The lowest BCUT2D eigenvalue weighted by atomic mass is 10.3. The highest BCUT2D eigenvalue weighted by Crippen LogP contribution is 2.26. The van der Waals surface area contributed by atoms with Crippen LogP contribution in [0.3, 0.4) is 0 Å². The van der Waals surface area contributed by atoms with Crippen LogP contribution in [0.4, 0.5) is 14.5 Å². The molecule has 0 amide bonds. The molecular formula is C11H12F2N4S. The first-order valence-corrected chi connectivity index (χ1v) is 6.15. The molecule has 0 unspecified atom stereocenters. The standard InChI is InChI=1S/C11H12F2N4S/c1-17-9(7-15-16-17)6-14-8-2-4-10(5-3-8)18-11(12)13/h2-5,7,11,14H,6H2,1H3. The second-order valence-electron chi connectivity index (χ2n) is 3.61. The number of aryl methyl sites for hydroxylation is 1. The largest absolute Gasteiger partial charge is 0.379 e. The van der Waals surface area contributed by atoms with Gasteiger partial charge in [0.2, 0.25) is 0 Å². The summed E-state index contributed by atoms with van der Waals surface area (Å²) in [6.07, 6.45) is 1.67. The highest BCUT2D eigenvalue weighted by Gasteiger charge is 2.05. The second kappa shape index (κ2) is 5.81. The average molecular weight is 270 g/mol. The number of alkyl halides is 2. The SMILES string of the molecule is Cn1nncc1CNc1ccc(SC(F)F)cc1. The lowest BCUT2D eigenvalue weighted by Gasteiger charge is -2.07. The third kappa shape index (κ3) is 3.43. The molecule has 7 heteroatoms. The van der Waals surface area contributed by atoms with Crippen molar-refractivity contribution in [2.75, 3.05) is 5.32 Å². The van der Waals surface area contributed by atoms with Crippen molar-refractivity contribution >= 4 is 17.4 Å². The zero-order chi connectivity index (χ0) is 13.0. The molecule has 0 saturated heterocycles. The summed E-state index contributed by atoms with van der Waals surface area (Å²) < 4.78 is 25.9. The molecule has 1 aromatic heterocycles. The molecule has 0 aliphatic carbocycles. The third-order valence-electron chi connectivity index (χ3n) is 2.36. The van der Waals surface area contributed by atoms with Gasteiger partial charge in [-0.3, -0.25) is 4.68 Å². The summed E-state index contributed by atoms with van der Waals surface area (Å²) in [7, 11) is 1.81. The Balaban J connectivity index is 1.92. The van der Waals surface area contributed by atoms with Crippen molar-refractivity contribution in [3.8, 4) is 0 Å². The molecule has 0 fully saturated rings. The molecule has 0 bridgehead atoms. The van der Waals surface area contributed by atoms with Gasteiger partial charge in [0.25, 0.3) is 5.76 Å². The zero-order valence-electron chi connectivity index (χ0n) is 9.68. The molecule has 1 heterocycles. The molecule has 0 spiro atoms. The minimum atomic E-state index is -2.38. The number of nitrogens with zero attached hydrogens (tertiary/aromatic N) is 3. The number of thioether (sulfide) groups is 1. The van der Waals surface area contributed by atoms with Crippen LogP contribution in [-0.2, 0) is 13.6 Å². The Kier molecular flexibility index (Phi) is 4.14. The predicted molar refractivity (Wildman–Crippen MR) is 66.6 cm³/mol. The van der Waals surface area contributed by atoms with Gasteiger partial charge in [-0.15, -0.1) is 5.10 Å². The summed E-state index contributed by atoms with van der Waals surface area (Å²) >= 11 is 0.540. The van der Waals surface area contributed by atoms with Crippen molar-refractivity contribution in [1.29, 1.82) is 0 Å². The number of hydrogen-bond acceptors (Lipinski definition) is 4. The van der Waals surface area contributed by atoms with Gasteiger partial charge >= 0.3 is 0 Å². The fourth-order valence-electron chi connectivity index (χ4n) is 1.42. The molecule has 0 atom stereocenters. The molecule has 1 aromatic carbocycles. The monoisotopic (exact) mass is 270 g/mol. The topological polar surface area (TPSA) is 42.7 Å². The lowest BCUT2D eigenvalue weighted by molar-refractivity contribution is 0.252. The summed E-state index contributed by atoms with van der Waals surface area (Å²) in [5.74, 6) is -2.38.